The van der Waals surface area contributed by atoms with Gasteiger partial charge in [-0.3, -0.25) is 9.88 Å². The molecule has 3 aliphatic rings. The fourth-order valence-corrected chi connectivity index (χ4v) is 3.95. The number of pyridine rings is 2. The monoisotopic (exact) mass is 362 g/mol. The lowest BCUT2D eigenvalue weighted by Crippen LogP contribution is -2.69. The van der Waals surface area contributed by atoms with Crippen LogP contribution in [-0.2, 0) is 6.54 Å². The summed E-state index contributed by atoms with van der Waals surface area (Å²) in [5, 5.41) is 0. The molecule has 3 aliphatic heterocycles. The van der Waals surface area contributed by atoms with Crippen LogP contribution in [0.2, 0.25) is 0 Å². The zero-order valence-corrected chi connectivity index (χ0v) is 13.6. The van der Waals surface area contributed by atoms with Gasteiger partial charge in [-0.05, 0) is 46.6 Å². The molecule has 0 aromatic carbocycles. The van der Waals surface area contributed by atoms with Crippen LogP contribution >= 0.6 is 15.9 Å². The highest BCUT2D eigenvalue weighted by atomic mass is 79.9. The fourth-order valence-electron chi connectivity index (χ4n) is 3.49. The molecule has 0 saturated carbocycles. The minimum absolute atomic E-state index is 0.217. The SMILES string of the molecule is Fc1cccnc1CN1CC2CC(C1)N2c1ncccc1Br. The third-order valence-electron chi connectivity index (χ3n) is 4.46. The van der Waals surface area contributed by atoms with Gasteiger partial charge in [0.1, 0.15) is 11.6 Å². The van der Waals surface area contributed by atoms with Crippen LogP contribution in [0.5, 0.6) is 0 Å². The molecule has 2 aromatic rings. The van der Waals surface area contributed by atoms with Crippen molar-refractivity contribution in [2.45, 2.75) is 25.0 Å². The Hall–Kier alpha value is -1.53. The highest BCUT2D eigenvalue weighted by Gasteiger charge is 2.45. The first-order valence-electron chi connectivity index (χ1n) is 7.43. The van der Waals surface area contributed by atoms with Crippen LogP contribution in [0.15, 0.2) is 41.1 Å². The second-order valence-corrected chi connectivity index (χ2v) is 6.74. The highest BCUT2D eigenvalue weighted by molar-refractivity contribution is 9.10. The Kier molecular flexibility index (Phi) is 3.58. The zero-order chi connectivity index (χ0) is 15.1. The molecule has 2 unspecified atom stereocenters. The third kappa shape index (κ3) is 2.40. The summed E-state index contributed by atoms with van der Waals surface area (Å²) in [5.41, 5.74) is 0.536. The Balaban J connectivity index is 1.47. The number of nitrogens with zero attached hydrogens (tertiary/aromatic N) is 4. The molecule has 2 atom stereocenters. The van der Waals surface area contributed by atoms with Crippen LogP contribution < -0.4 is 4.90 Å². The Labute approximate surface area is 137 Å². The maximum Gasteiger partial charge on any atom is 0.146 e. The molecule has 5 rings (SSSR count). The van der Waals surface area contributed by atoms with Crippen LogP contribution in [0, 0.1) is 5.82 Å². The number of halogens is 2. The molecule has 0 spiro atoms. The van der Waals surface area contributed by atoms with E-state index in [2.05, 4.69) is 35.7 Å². The van der Waals surface area contributed by atoms with E-state index in [4.69, 9.17) is 0 Å². The van der Waals surface area contributed by atoms with Gasteiger partial charge in [0.2, 0.25) is 0 Å². The number of aromatic nitrogens is 2. The lowest BCUT2D eigenvalue weighted by molar-refractivity contribution is 0.105. The standard InChI is InChI=1S/C16H16BrFN4/c17-13-3-1-6-20-16(13)22-11-7-12(22)9-21(8-11)10-15-14(18)4-2-5-19-15/h1-6,11-12H,7-10H2. The number of fused-ring (bicyclic) bond motifs is 2. The molecule has 2 aromatic heterocycles. The number of piperazine rings is 1. The first-order valence-corrected chi connectivity index (χ1v) is 8.22. The lowest BCUT2D eigenvalue weighted by Gasteiger charge is -2.57. The van der Waals surface area contributed by atoms with Crippen molar-refractivity contribution < 1.29 is 4.39 Å². The topological polar surface area (TPSA) is 32.3 Å². The van der Waals surface area contributed by atoms with Crippen LogP contribution in [0.3, 0.4) is 0 Å². The van der Waals surface area contributed by atoms with Crippen LogP contribution in [0.25, 0.3) is 0 Å². The number of rotatable bonds is 3. The van der Waals surface area contributed by atoms with E-state index in [0.29, 0.717) is 24.3 Å². The molecule has 6 heteroatoms. The minimum Gasteiger partial charge on any atom is -0.347 e. The molecular formula is C16H16BrFN4. The van der Waals surface area contributed by atoms with E-state index in [-0.39, 0.29) is 5.82 Å². The van der Waals surface area contributed by atoms with Gasteiger partial charge in [0.25, 0.3) is 0 Å². The summed E-state index contributed by atoms with van der Waals surface area (Å²) < 4.78 is 14.8. The van der Waals surface area contributed by atoms with Gasteiger partial charge in [0.15, 0.2) is 0 Å². The summed E-state index contributed by atoms with van der Waals surface area (Å²) in [6.07, 6.45) is 4.67. The second kappa shape index (κ2) is 5.59. The van der Waals surface area contributed by atoms with Crippen LogP contribution in [0.4, 0.5) is 10.2 Å². The predicted molar refractivity (Wildman–Crippen MR) is 86.1 cm³/mol. The van der Waals surface area contributed by atoms with E-state index in [1.807, 2.05) is 18.3 Å². The Morgan fingerprint density at radius 2 is 1.86 bits per heavy atom. The molecule has 2 bridgehead atoms. The van der Waals surface area contributed by atoms with Gasteiger partial charge in [-0.15, -0.1) is 0 Å². The summed E-state index contributed by atoms with van der Waals surface area (Å²) in [4.78, 5) is 13.3. The van der Waals surface area contributed by atoms with Crippen molar-refractivity contribution in [1.29, 1.82) is 0 Å². The molecular weight excluding hydrogens is 347 g/mol. The smallest absolute Gasteiger partial charge is 0.146 e. The van der Waals surface area contributed by atoms with Gasteiger partial charge in [-0.25, -0.2) is 9.37 Å². The quantitative estimate of drug-likeness (QED) is 0.840. The first-order chi connectivity index (χ1) is 10.7. The average molecular weight is 363 g/mol. The van der Waals surface area contributed by atoms with E-state index < -0.39 is 0 Å². The molecule has 114 valence electrons. The van der Waals surface area contributed by atoms with Gasteiger partial charge in [0.05, 0.1) is 10.2 Å². The maximum atomic E-state index is 13.7. The van der Waals surface area contributed by atoms with Crippen molar-refractivity contribution in [1.82, 2.24) is 14.9 Å². The fraction of sp³-hybridized carbons (Fsp3) is 0.375. The van der Waals surface area contributed by atoms with Gasteiger partial charge < -0.3 is 4.90 Å². The normalized spacial score (nSPS) is 24.2. The minimum atomic E-state index is -0.217. The van der Waals surface area contributed by atoms with E-state index in [9.17, 15) is 4.39 Å². The number of piperidine rings is 1. The summed E-state index contributed by atoms with van der Waals surface area (Å²) in [5.74, 6) is 0.804. The Morgan fingerprint density at radius 3 is 2.59 bits per heavy atom. The van der Waals surface area contributed by atoms with Crippen molar-refractivity contribution in [3.63, 3.8) is 0 Å². The second-order valence-electron chi connectivity index (χ2n) is 5.89. The van der Waals surface area contributed by atoms with Crippen molar-refractivity contribution in [3.8, 4) is 0 Å². The van der Waals surface area contributed by atoms with Gasteiger partial charge >= 0.3 is 0 Å². The average Bonchev–Trinajstić information content (AvgIpc) is 2.52. The maximum absolute atomic E-state index is 13.7. The molecule has 3 fully saturated rings. The van der Waals surface area contributed by atoms with Crippen LogP contribution in [0.1, 0.15) is 12.1 Å². The number of anilines is 1. The molecule has 3 saturated heterocycles. The van der Waals surface area contributed by atoms with E-state index >= 15 is 0 Å². The largest absolute Gasteiger partial charge is 0.347 e. The summed E-state index contributed by atoms with van der Waals surface area (Å²) >= 11 is 3.58. The summed E-state index contributed by atoms with van der Waals surface area (Å²) in [7, 11) is 0. The molecule has 22 heavy (non-hydrogen) atoms. The molecule has 0 radical (unpaired) electrons. The molecule has 5 heterocycles. The highest BCUT2D eigenvalue weighted by Crippen LogP contribution is 2.39. The van der Waals surface area contributed by atoms with Crippen molar-refractivity contribution in [3.05, 3.63) is 52.6 Å². The predicted octanol–water partition coefficient (Wildman–Crippen LogP) is 2.84. The number of hydrogen-bond donors (Lipinski definition) is 0. The molecule has 0 amide bonds. The van der Waals surface area contributed by atoms with Crippen molar-refractivity contribution in [2.24, 2.45) is 0 Å². The van der Waals surface area contributed by atoms with Crippen molar-refractivity contribution in [2.75, 3.05) is 18.0 Å². The first kappa shape index (κ1) is 14.1. The summed E-state index contributed by atoms with van der Waals surface area (Å²) in [6, 6.07) is 7.97. The lowest BCUT2D eigenvalue weighted by atomic mass is 9.87. The van der Waals surface area contributed by atoms with Crippen molar-refractivity contribution >= 4 is 21.7 Å². The third-order valence-corrected chi connectivity index (χ3v) is 5.08. The van der Waals surface area contributed by atoms with E-state index in [1.165, 1.54) is 12.5 Å². The number of hydrogen-bond acceptors (Lipinski definition) is 4. The Bertz CT molecular complexity index is 683. The zero-order valence-electron chi connectivity index (χ0n) is 12.0. The van der Waals surface area contributed by atoms with Gasteiger partial charge in [-0.2, -0.15) is 0 Å². The van der Waals surface area contributed by atoms with Crippen LogP contribution in [-0.4, -0.2) is 40.0 Å². The van der Waals surface area contributed by atoms with E-state index in [0.717, 1.165) is 23.4 Å². The Morgan fingerprint density at radius 1 is 1.14 bits per heavy atom. The van der Waals surface area contributed by atoms with Gasteiger partial charge in [-0.1, -0.05) is 0 Å². The van der Waals surface area contributed by atoms with E-state index in [1.54, 1.807) is 12.3 Å². The molecule has 4 nitrogen and oxygen atoms in total. The summed E-state index contributed by atoms with van der Waals surface area (Å²) in [6.45, 7) is 2.43. The molecule has 0 aliphatic carbocycles. The van der Waals surface area contributed by atoms with Gasteiger partial charge in [0, 0.05) is 44.1 Å². The molecule has 0 N–H and O–H groups in total.